The summed E-state index contributed by atoms with van der Waals surface area (Å²) in [4.78, 5) is 21.1. The van der Waals surface area contributed by atoms with Crippen molar-refractivity contribution in [1.82, 2.24) is 19.9 Å². The predicted molar refractivity (Wildman–Crippen MR) is 123 cm³/mol. The molecule has 4 heterocycles. The Morgan fingerprint density at radius 2 is 1.97 bits per heavy atom. The van der Waals surface area contributed by atoms with Gasteiger partial charge >= 0.3 is 0 Å². The van der Waals surface area contributed by atoms with Gasteiger partial charge in [-0.3, -0.25) is 9.97 Å². The van der Waals surface area contributed by atoms with Gasteiger partial charge in [0.05, 0.1) is 42.0 Å². The van der Waals surface area contributed by atoms with E-state index in [2.05, 4.69) is 31.8 Å². The van der Waals surface area contributed by atoms with E-state index in [9.17, 15) is 0 Å². The summed E-state index contributed by atoms with van der Waals surface area (Å²) in [6.07, 6.45) is 12.6. The minimum absolute atomic E-state index is 0.365. The Hall–Kier alpha value is -2.22. The number of piperidine rings is 1. The van der Waals surface area contributed by atoms with Gasteiger partial charge in [-0.15, -0.1) is 0 Å². The van der Waals surface area contributed by atoms with Crippen molar-refractivity contribution in [2.24, 2.45) is 5.41 Å². The standard InChI is InChI=1S/C23H24ClN5OS/c1-16-11-23(15-30-16)5-9-29(10-6-23)20-13-28-21(14-27-20)31-19-4-2-3-17(22(19)24)18-12-25-7-8-26-18/h2-4,7-8,12-14,16H,5-6,9-11,15H2,1H3/t16-/m0/s1. The van der Waals surface area contributed by atoms with E-state index in [4.69, 9.17) is 16.3 Å². The number of nitrogens with zero attached hydrogens (tertiary/aromatic N) is 5. The van der Waals surface area contributed by atoms with Crippen LogP contribution in [0, 0.1) is 5.41 Å². The van der Waals surface area contributed by atoms with Crippen LogP contribution in [0.3, 0.4) is 0 Å². The van der Waals surface area contributed by atoms with Gasteiger partial charge in [-0.2, -0.15) is 0 Å². The third kappa shape index (κ3) is 4.40. The van der Waals surface area contributed by atoms with Gasteiger partial charge in [0.1, 0.15) is 10.8 Å². The van der Waals surface area contributed by atoms with Gasteiger partial charge in [-0.05, 0) is 37.7 Å². The van der Waals surface area contributed by atoms with Crippen molar-refractivity contribution in [3.05, 3.63) is 54.2 Å². The fraction of sp³-hybridized carbons (Fsp3) is 0.391. The Morgan fingerprint density at radius 3 is 2.65 bits per heavy atom. The molecule has 0 N–H and O–H groups in total. The molecule has 160 valence electrons. The molecule has 2 aromatic heterocycles. The zero-order chi connectivity index (χ0) is 21.3. The molecule has 0 amide bonds. The molecule has 0 saturated carbocycles. The highest BCUT2D eigenvalue weighted by molar-refractivity contribution is 7.99. The molecular formula is C23H24ClN5OS. The number of rotatable bonds is 4. The topological polar surface area (TPSA) is 64.0 Å². The maximum absolute atomic E-state index is 6.66. The molecule has 6 nitrogen and oxygen atoms in total. The van der Waals surface area contributed by atoms with E-state index in [1.807, 2.05) is 30.6 Å². The first-order chi connectivity index (χ1) is 15.1. The molecule has 2 saturated heterocycles. The van der Waals surface area contributed by atoms with Crippen molar-refractivity contribution >= 4 is 29.2 Å². The minimum Gasteiger partial charge on any atom is -0.378 e. The number of hydrogen-bond donors (Lipinski definition) is 0. The molecule has 0 aliphatic carbocycles. The van der Waals surface area contributed by atoms with Gasteiger partial charge in [-0.1, -0.05) is 35.5 Å². The van der Waals surface area contributed by atoms with E-state index in [0.29, 0.717) is 16.5 Å². The van der Waals surface area contributed by atoms with Crippen molar-refractivity contribution < 1.29 is 4.74 Å². The first kappa shape index (κ1) is 20.7. The van der Waals surface area contributed by atoms with Crippen LogP contribution in [-0.4, -0.2) is 45.7 Å². The van der Waals surface area contributed by atoms with Crippen molar-refractivity contribution in [1.29, 1.82) is 0 Å². The van der Waals surface area contributed by atoms with Crippen LogP contribution in [-0.2, 0) is 4.74 Å². The second kappa shape index (κ2) is 8.73. The molecule has 2 aliphatic rings. The minimum atomic E-state index is 0.365. The molecule has 8 heteroatoms. The largest absolute Gasteiger partial charge is 0.378 e. The van der Waals surface area contributed by atoms with Gasteiger partial charge < -0.3 is 9.64 Å². The lowest BCUT2D eigenvalue weighted by molar-refractivity contribution is 0.0976. The smallest absolute Gasteiger partial charge is 0.147 e. The highest BCUT2D eigenvalue weighted by atomic mass is 35.5. The SMILES string of the molecule is C[C@H]1CC2(CCN(c3cnc(Sc4cccc(-c5cnccn5)c4Cl)cn3)CC2)CO1. The summed E-state index contributed by atoms with van der Waals surface area (Å²) < 4.78 is 5.84. The predicted octanol–water partition coefficient (Wildman–Crippen LogP) is 5.13. The van der Waals surface area contributed by atoms with E-state index in [1.165, 1.54) is 18.2 Å². The summed E-state index contributed by atoms with van der Waals surface area (Å²) in [6.45, 7) is 5.09. The lowest BCUT2D eigenvalue weighted by Crippen LogP contribution is -2.41. The van der Waals surface area contributed by atoms with Crippen LogP contribution in [0.1, 0.15) is 26.2 Å². The van der Waals surface area contributed by atoms with Gasteiger partial charge in [0.15, 0.2) is 0 Å². The molecule has 31 heavy (non-hydrogen) atoms. The summed E-state index contributed by atoms with van der Waals surface area (Å²) in [7, 11) is 0. The van der Waals surface area contributed by atoms with E-state index in [0.717, 1.165) is 59.5 Å². The molecule has 5 rings (SSSR count). The van der Waals surface area contributed by atoms with Crippen LogP contribution in [0.4, 0.5) is 5.82 Å². The van der Waals surface area contributed by atoms with Gasteiger partial charge in [0, 0.05) is 35.9 Å². The number of aromatic nitrogens is 4. The monoisotopic (exact) mass is 453 g/mol. The second-order valence-corrected chi connectivity index (χ2v) is 9.78. The summed E-state index contributed by atoms with van der Waals surface area (Å²) in [5, 5.41) is 1.46. The fourth-order valence-electron chi connectivity index (χ4n) is 4.47. The summed E-state index contributed by atoms with van der Waals surface area (Å²) in [5.74, 6) is 0.936. The third-order valence-corrected chi connectivity index (χ3v) is 7.67. The molecule has 0 radical (unpaired) electrons. The first-order valence-electron chi connectivity index (χ1n) is 10.5. The fourth-order valence-corrected chi connectivity index (χ4v) is 5.59. The quantitative estimate of drug-likeness (QED) is 0.542. The molecule has 2 aliphatic heterocycles. The summed E-state index contributed by atoms with van der Waals surface area (Å²) >= 11 is 8.17. The zero-order valence-corrected chi connectivity index (χ0v) is 18.9. The van der Waals surface area contributed by atoms with E-state index < -0.39 is 0 Å². The summed E-state index contributed by atoms with van der Waals surface area (Å²) in [6, 6.07) is 5.90. The zero-order valence-electron chi connectivity index (χ0n) is 17.4. The molecule has 1 spiro atoms. The third-order valence-electron chi connectivity index (χ3n) is 6.17. The second-order valence-electron chi connectivity index (χ2n) is 8.34. The van der Waals surface area contributed by atoms with Gasteiger partial charge in [0.25, 0.3) is 0 Å². The first-order valence-corrected chi connectivity index (χ1v) is 11.7. The van der Waals surface area contributed by atoms with Crippen molar-refractivity contribution in [3.63, 3.8) is 0 Å². The van der Waals surface area contributed by atoms with Crippen LogP contribution in [0.2, 0.25) is 5.02 Å². The molecule has 2 fully saturated rings. The number of anilines is 1. The van der Waals surface area contributed by atoms with Crippen LogP contribution in [0.25, 0.3) is 11.3 Å². The van der Waals surface area contributed by atoms with Crippen LogP contribution >= 0.6 is 23.4 Å². The summed E-state index contributed by atoms with van der Waals surface area (Å²) in [5.41, 5.74) is 1.97. The maximum Gasteiger partial charge on any atom is 0.147 e. The van der Waals surface area contributed by atoms with Gasteiger partial charge in [0.2, 0.25) is 0 Å². The Bertz CT molecular complexity index is 1040. The Labute approximate surface area is 191 Å². The Balaban J connectivity index is 1.26. The molecule has 0 unspecified atom stereocenters. The number of halogens is 1. The highest BCUT2D eigenvalue weighted by Crippen LogP contribution is 2.42. The Kier molecular flexibility index (Phi) is 5.82. The number of hydrogen-bond acceptors (Lipinski definition) is 7. The van der Waals surface area contributed by atoms with E-state index in [-0.39, 0.29) is 0 Å². The lowest BCUT2D eigenvalue weighted by Gasteiger charge is -2.38. The van der Waals surface area contributed by atoms with Crippen LogP contribution < -0.4 is 4.90 Å². The van der Waals surface area contributed by atoms with Gasteiger partial charge in [-0.25, -0.2) is 9.97 Å². The normalized spacial score (nSPS) is 20.3. The highest BCUT2D eigenvalue weighted by Gasteiger charge is 2.41. The molecule has 3 aromatic rings. The molecule has 0 bridgehead atoms. The number of benzene rings is 1. The van der Waals surface area contributed by atoms with Crippen molar-refractivity contribution in [2.45, 2.75) is 42.2 Å². The molecular weight excluding hydrogens is 430 g/mol. The average molecular weight is 454 g/mol. The van der Waals surface area contributed by atoms with Crippen molar-refractivity contribution in [2.75, 3.05) is 24.6 Å². The number of ether oxygens (including phenoxy) is 1. The van der Waals surface area contributed by atoms with E-state index >= 15 is 0 Å². The lowest BCUT2D eigenvalue weighted by atomic mass is 9.77. The van der Waals surface area contributed by atoms with E-state index in [1.54, 1.807) is 18.6 Å². The maximum atomic E-state index is 6.66. The van der Waals surface area contributed by atoms with Crippen LogP contribution in [0.5, 0.6) is 0 Å². The molecule has 1 atom stereocenters. The Morgan fingerprint density at radius 1 is 1.10 bits per heavy atom. The molecule has 1 aromatic carbocycles. The average Bonchev–Trinajstić information content (AvgIpc) is 3.17. The van der Waals surface area contributed by atoms with Crippen LogP contribution in [0.15, 0.2) is 59.1 Å². The van der Waals surface area contributed by atoms with Crippen molar-refractivity contribution in [3.8, 4) is 11.3 Å².